The van der Waals surface area contributed by atoms with E-state index in [1.165, 1.54) is 0 Å². The fraction of sp³-hybridized carbons (Fsp3) is 0.857. The number of tetrazole rings is 1. The number of aromatic nitrogens is 4. The van der Waals surface area contributed by atoms with Gasteiger partial charge in [-0.1, -0.05) is 0 Å². The molecule has 5 heteroatoms. The molecule has 0 unspecified atom stereocenters. The van der Waals surface area contributed by atoms with Crippen LogP contribution in [0, 0.1) is 0 Å². The minimum Gasteiger partial charge on any atom is -0.328 e. The first kappa shape index (κ1) is 7.67. The molecule has 0 aliphatic heterocycles. The standard InChI is InChI=1S/C7H13N5/c8-6-3-1-5(2-4-6)7-9-11-12-10-7/h5-6H,1-4,8H2,(H,9,10,11,12). The third kappa shape index (κ3) is 1.45. The topological polar surface area (TPSA) is 80.5 Å². The van der Waals surface area contributed by atoms with Gasteiger partial charge in [-0.05, 0) is 36.1 Å². The van der Waals surface area contributed by atoms with Gasteiger partial charge >= 0.3 is 0 Å². The van der Waals surface area contributed by atoms with Crippen LogP contribution in [0.4, 0.5) is 0 Å². The van der Waals surface area contributed by atoms with Gasteiger partial charge in [-0.2, -0.15) is 0 Å². The smallest absolute Gasteiger partial charge is 0.151 e. The second-order valence-corrected chi connectivity index (χ2v) is 3.40. The number of aromatic amines is 1. The van der Waals surface area contributed by atoms with E-state index in [1.54, 1.807) is 0 Å². The summed E-state index contributed by atoms with van der Waals surface area (Å²) in [5.74, 6) is 1.42. The van der Waals surface area contributed by atoms with Crippen molar-refractivity contribution in [2.24, 2.45) is 5.73 Å². The van der Waals surface area contributed by atoms with Crippen LogP contribution >= 0.6 is 0 Å². The molecule has 0 spiro atoms. The maximum atomic E-state index is 5.79. The lowest BCUT2D eigenvalue weighted by molar-refractivity contribution is 0.385. The minimum atomic E-state index is 0.386. The zero-order valence-electron chi connectivity index (χ0n) is 6.90. The van der Waals surface area contributed by atoms with Gasteiger partial charge in [0.1, 0.15) is 0 Å². The molecule has 1 aliphatic rings. The van der Waals surface area contributed by atoms with Crippen molar-refractivity contribution in [2.75, 3.05) is 0 Å². The Bertz CT molecular complexity index is 224. The Labute approximate surface area is 70.7 Å². The second-order valence-electron chi connectivity index (χ2n) is 3.40. The number of nitrogens with zero attached hydrogens (tertiary/aromatic N) is 3. The van der Waals surface area contributed by atoms with Crippen LogP contribution in [0.5, 0.6) is 0 Å². The summed E-state index contributed by atoms with van der Waals surface area (Å²) >= 11 is 0. The second kappa shape index (κ2) is 3.18. The molecule has 5 nitrogen and oxygen atoms in total. The van der Waals surface area contributed by atoms with E-state index in [4.69, 9.17) is 5.73 Å². The molecule has 0 aromatic carbocycles. The molecule has 2 rings (SSSR count). The molecule has 1 aromatic heterocycles. The molecule has 1 aliphatic carbocycles. The maximum Gasteiger partial charge on any atom is 0.151 e. The highest BCUT2D eigenvalue weighted by molar-refractivity contribution is 4.94. The molecule has 0 saturated heterocycles. The lowest BCUT2D eigenvalue weighted by atomic mass is 9.86. The molecular formula is C7H13N5. The molecule has 0 atom stereocenters. The monoisotopic (exact) mass is 167 g/mol. The van der Waals surface area contributed by atoms with Crippen LogP contribution < -0.4 is 5.73 Å². The number of nitrogens with two attached hydrogens (primary N) is 1. The number of H-pyrrole nitrogens is 1. The van der Waals surface area contributed by atoms with E-state index >= 15 is 0 Å². The molecule has 1 saturated carbocycles. The van der Waals surface area contributed by atoms with Gasteiger partial charge in [-0.3, -0.25) is 0 Å². The summed E-state index contributed by atoms with van der Waals surface area (Å²) in [5, 5.41) is 13.8. The zero-order valence-corrected chi connectivity index (χ0v) is 6.90. The van der Waals surface area contributed by atoms with E-state index in [2.05, 4.69) is 20.6 Å². The van der Waals surface area contributed by atoms with Gasteiger partial charge in [0, 0.05) is 12.0 Å². The first-order valence-corrected chi connectivity index (χ1v) is 4.35. The molecule has 0 amide bonds. The fourth-order valence-corrected chi connectivity index (χ4v) is 1.73. The van der Waals surface area contributed by atoms with Gasteiger partial charge in [0.25, 0.3) is 0 Å². The van der Waals surface area contributed by atoms with E-state index in [-0.39, 0.29) is 0 Å². The van der Waals surface area contributed by atoms with E-state index in [1.807, 2.05) is 0 Å². The van der Waals surface area contributed by atoms with Crippen molar-refractivity contribution in [1.29, 1.82) is 0 Å². The van der Waals surface area contributed by atoms with E-state index in [0.29, 0.717) is 12.0 Å². The lowest BCUT2D eigenvalue weighted by Crippen LogP contribution is -2.26. The molecule has 66 valence electrons. The molecule has 0 radical (unpaired) electrons. The van der Waals surface area contributed by atoms with Gasteiger partial charge in [0.05, 0.1) is 0 Å². The van der Waals surface area contributed by atoms with Crippen LogP contribution in [-0.2, 0) is 0 Å². The Morgan fingerprint density at radius 2 is 2.00 bits per heavy atom. The molecule has 1 fully saturated rings. The van der Waals surface area contributed by atoms with Gasteiger partial charge in [0.2, 0.25) is 0 Å². The van der Waals surface area contributed by atoms with Crippen molar-refractivity contribution in [1.82, 2.24) is 20.6 Å². The highest BCUT2D eigenvalue weighted by atomic mass is 15.5. The van der Waals surface area contributed by atoms with Crippen molar-refractivity contribution in [3.63, 3.8) is 0 Å². The number of hydrogen-bond donors (Lipinski definition) is 2. The summed E-state index contributed by atoms with van der Waals surface area (Å²) in [4.78, 5) is 0. The van der Waals surface area contributed by atoms with Crippen molar-refractivity contribution in [3.05, 3.63) is 5.82 Å². The summed E-state index contributed by atoms with van der Waals surface area (Å²) < 4.78 is 0. The first-order valence-electron chi connectivity index (χ1n) is 4.35. The maximum absolute atomic E-state index is 5.79. The van der Waals surface area contributed by atoms with Gasteiger partial charge < -0.3 is 5.73 Å². The summed E-state index contributed by atoms with van der Waals surface area (Å²) in [6.07, 6.45) is 4.40. The summed E-state index contributed by atoms with van der Waals surface area (Å²) in [6, 6.07) is 0.386. The largest absolute Gasteiger partial charge is 0.328 e. The number of hydrogen-bond acceptors (Lipinski definition) is 4. The molecule has 1 aromatic rings. The van der Waals surface area contributed by atoms with Crippen LogP contribution in [0.2, 0.25) is 0 Å². The average molecular weight is 167 g/mol. The van der Waals surface area contributed by atoms with E-state index in [0.717, 1.165) is 31.5 Å². The van der Waals surface area contributed by atoms with Crippen LogP contribution in [-0.4, -0.2) is 26.7 Å². The van der Waals surface area contributed by atoms with Crippen LogP contribution in [0.1, 0.15) is 37.4 Å². The molecule has 0 bridgehead atoms. The van der Waals surface area contributed by atoms with E-state index < -0.39 is 0 Å². The predicted octanol–water partition coefficient (Wildman–Crippen LogP) is 0.185. The SMILES string of the molecule is NC1CCC(c2nnn[nH]2)CC1. The van der Waals surface area contributed by atoms with Gasteiger partial charge in [-0.15, -0.1) is 5.10 Å². The lowest BCUT2D eigenvalue weighted by Gasteiger charge is -2.23. The van der Waals surface area contributed by atoms with Crippen molar-refractivity contribution < 1.29 is 0 Å². The third-order valence-corrected chi connectivity index (χ3v) is 2.52. The predicted molar refractivity (Wildman–Crippen MR) is 43.4 cm³/mol. The zero-order chi connectivity index (χ0) is 8.39. The quantitative estimate of drug-likeness (QED) is 0.625. The molecular weight excluding hydrogens is 154 g/mol. The minimum absolute atomic E-state index is 0.386. The van der Waals surface area contributed by atoms with Crippen LogP contribution in [0.3, 0.4) is 0 Å². The van der Waals surface area contributed by atoms with Gasteiger partial charge in [0.15, 0.2) is 5.82 Å². The van der Waals surface area contributed by atoms with Crippen LogP contribution in [0.15, 0.2) is 0 Å². The Morgan fingerprint density at radius 3 is 2.58 bits per heavy atom. The molecule has 3 N–H and O–H groups in total. The van der Waals surface area contributed by atoms with Crippen molar-refractivity contribution in [3.8, 4) is 0 Å². The Balaban J connectivity index is 1.99. The normalized spacial score (nSPS) is 30.4. The Kier molecular flexibility index (Phi) is 2.03. The highest BCUT2D eigenvalue weighted by Crippen LogP contribution is 2.29. The summed E-state index contributed by atoms with van der Waals surface area (Å²) in [5.41, 5.74) is 5.79. The molecule has 1 heterocycles. The fourth-order valence-electron chi connectivity index (χ4n) is 1.73. The van der Waals surface area contributed by atoms with E-state index in [9.17, 15) is 0 Å². The van der Waals surface area contributed by atoms with Crippen molar-refractivity contribution in [2.45, 2.75) is 37.6 Å². The molecule has 12 heavy (non-hydrogen) atoms. The third-order valence-electron chi connectivity index (χ3n) is 2.52. The summed E-state index contributed by atoms with van der Waals surface area (Å²) in [6.45, 7) is 0. The highest BCUT2D eigenvalue weighted by Gasteiger charge is 2.22. The van der Waals surface area contributed by atoms with Gasteiger partial charge in [-0.25, -0.2) is 5.10 Å². The Morgan fingerprint density at radius 1 is 1.25 bits per heavy atom. The number of rotatable bonds is 1. The number of nitrogens with one attached hydrogen (secondary N) is 1. The Hall–Kier alpha value is -0.970. The summed E-state index contributed by atoms with van der Waals surface area (Å²) in [7, 11) is 0. The average Bonchev–Trinajstić information content (AvgIpc) is 2.58. The van der Waals surface area contributed by atoms with Crippen LogP contribution in [0.25, 0.3) is 0 Å². The first-order chi connectivity index (χ1) is 5.86. The van der Waals surface area contributed by atoms with Crippen molar-refractivity contribution >= 4 is 0 Å².